The maximum absolute atomic E-state index is 13.0. The normalized spacial score (nSPS) is 11.7. The Hall–Kier alpha value is -3.09. The smallest absolute Gasteiger partial charge is 0.262 e. The maximum Gasteiger partial charge on any atom is 0.340 e. The van der Waals surface area contributed by atoms with E-state index in [4.69, 9.17) is 11.6 Å². The summed E-state index contributed by atoms with van der Waals surface area (Å²) in [6.07, 6.45) is 1.46. The van der Waals surface area contributed by atoms with E-state index in [1.54, 1.807) is 72.8 Å². The molecule has 3 aromatic carbocycles. The van der Waals surface area contributed by atoms with Crippen molar-refractivity contribution in [2.45, 2.75) is 6.92 Å². The molecule has 0 unspecified atom stereocenters. The van der Waals surface area contributed by atoms with Crippen LogP contribution in [0.25, 0.3) is 6.08 Å². The molecule has 29 heavy (non-hydrogen) atoms. The van der Waals surface area contributed by atoms with Gasteiger partial charge in [0.25, 0.3) is 10.0 Å². The molecule has 0 aliphatic heterocycles. The highest BCUT2D eigenvalue weighted by Crippen LogP contribution is 2.25. The van der Waals surface area contributed by atoms with Crippen LogP contribution in [0.3, 0.4) is 0 Å². The molecule has 5 nitrogen and oxygen atoms in total. The molecule has 2 amide bonds. The van der Waals surface area contributed by atoms with Crippen LogP contribution in [0, 0.1) is 0 Å². The summed E-state index contributed by atoms with van der Waals surface area (Å²) in [4.78, 5) is 14.3. The first-order valence-corrected chi connectivity index (χ1v) is 10.6. The van der Waals surface area contributed by atoms with Gasteiger partial charge in [0.1, 0.15) is 0 Å². The molecule has 0 radical (unpaired) electrons. The molecule has 3 rings (SSSR count). The number of carbonyl (C=O) groups excluding carboxylic acids is 1. The van der Waals surface area contributed by atoms with Crippen molar-refractivity contribution in [2.75, 3.05) is 4.90 Å². The molecule has 0 bridgehead atoms. The standard InChI is InChI=1S/C22H19ClN2O3S/c1-17(15-18-9-8-10-19(23)16-18)29(27,28)24-22(26)25(20-11-4-2-5-12-20)21-13-6-3-7-14-21/h2-16H,1H3,(H,24,26)/b17-15+. The highest BCUT2D eigenvalue weighted by molar-refractivity contribution is 7.94. The van der Waals surface area contributed by atoms with Crippen molar-refractivity contribution in [1.82, 2.24) is 4.72 Å². The lowest BCUT2D eigenvalue weighted by molar-refractivity contribution is 0.253. The van der Waals surface area contributed by atoms with Crippen molar-refractivity contribution in [3.05, 3.63) is 100 Å². The van der Waals surface area contributed by atoms with Crippen LogP contribution >= 0.6 is 11.6 Å². The molecular weight excluding hydrogens is 408 g/mol. The number of rotatable bonds is 5. The number of nitrogens with zero attached hydrogens (tertiary/aromatic N) is 1. The summed E-state index contributed by atoms with van der Waals surface area (Å²) >= 11 is 5.95. The van der Waals surface area contributed by atoms with E-state index in [2.05, 4.69) is 4.72 Å². The number of urea groups is 1. The predicted molar refractivity (Wildman–Crippen MR) is 118 cm³/mol. The number of allylic oxidation sites excluding steroid dienone is 1. The first-order valence-electron chi connectivity index (χ1n) is 8.78. The first-order chi connectivity index (χ1) is 13.9. The van der Waals surface area contributed by atoms with Gasteiger partial charge in [-0.25, -0.2) is 17.9 Å². The summed E-state index contributed by atoms with van der Waals surface area (Å²) in [7, 11) is -4.05. The van der Waals surface area contributed by atoms with Gasteiger partial charge in [0.2, 0.25) is 0 Å². The van der Waals surface area contributed by atoms with Crippen molar-refractivity contribution in [1.29, 1.82) is 0 Å². The molecule has 0 saturated carbocycles. The summed E-state index contributed by atoms with van der Waals surface area (Å²) in [5.41, 5.74) is 1.71. The molecule has 0 atom stereocenters. The molecule has 3 aromatic rings. The molecule has 1 N–H and O–H groups in total. The fourth-order valence-electron chi connectivity index (χ4n) is 2.69. The van der Waals surface area contributed by atoms with Crippen LogP contribution in [0.5, 0.6) is 0 Å². The summed E-state index contributed by atoms with van der Waals surface area (Å²) < 4.78 is 27.6. The fraction of sp³-hybridized carbons (Fsp3) is 0.0455. The predicted octanol–water partition coefficient (Wildman–Crippen LogP) is 5.58. The number of anilines is 2. The molecule has 0 aliphatic carbocycles. The number of carbonyl (C=O) groups is 1. The second kappa shape index (κ2) is 8.94. The number of hydrogen-bond donors (Lipinski definition) is 1. The van der Waals surface area contributed by atoms with Crippen molar-refractivity contribution in [3.63, 3.8) is 0 Å². The third-order valence-electron chi connectivity index (χ3n) is 4.10. The Morgan fingerprint density at radius 1 is 0.897 bits per heavy atom. The minimum absolute atomic E-state index is 0.00538. The first kappa shape index (κ1) is 20.6. The molecule has 0 aromatic heterocycles. The minimum Gasteiger partial charge on any atom is -0.262 e. The number of halogens is 1. The molecule has 0 fully saturated rings. The minimum atomic E-state index is -4.05. The Balaban J connectivity index is 1.91. The van der Waals surface area contributed by atoms with Crippen LogP contribution in [0.4, 0.5) is 16.2 Å². The van der Waals surface area contributed by atoms with E-state index < -0.39 is 16.1 Å². The fourth-order valence-corrected chi connectivity index (χ4v) is 3.66. The molecule has 0 saturated heterocycles. The van der Waals surface area contributed by atoms with Gasteiger partial charge in [0.15, 0.2) is 0 Å². The van der Waals surface area contributed by atoms with Crippen molar-refractivity contribution >= 4 is 45.1 Å². The Kier molecular flexibility index (Phi) is 6.36. The van der Waals surface area contributed by atoms with Gasteiger partial charge in [-0.3, -0.25) is 4.90 Å². The summed E-state index contributed by atoms with van der Waals surface area (Å²) in [6, 6.07) is 23.7. The van der Waals surface area contributed by atoms with Gasteiger partial charge in [-0.1, -0.05) is 60.1 Å². The van der Waals surface area contributed by atoms with Crippen molar-refractivity contribution in [3.8, 4) is 0 Å². The van der Waals surface area contributed by atoms with Crippen molar-refractivity contribution < 1.29 is 13.2 Å². The number of amides is 2. The third kappa shape index (κ3) is 5.25. The summed E-state index contributed by atoms with van der Waals surface area (Å²) in [5, 5.41) is 0.493. The zero-order valence-corrected chi connectivity index (χ0v) is 17.2. The largest absolute Gasteiger partial charge is 0.340 e. The Labute approximate surface area is 175 Å². The van der Waals surface area contributed by atoms with E-state index in [-0.39, 0.29) is 4.91 Å². The highest BCUT2D eigenvalue weighted by atomic mass is 35.5. The van der Waals surface area contributed by atoms with Crippen LogP contribution < -0.4 is 9.62 Å². The average Bonchev–Trinajstić information content (AvgIpc) is 2.69. The number of benzene rings is 3. The molecule has 7 heteroatoms. The summed E-state index contributed by atoms with van der Waals surface area (Å²) in [6.45, 7) is 1.42. The number of nitrogens with one attached hydrogen (secondary N) is 1. The second-order valence-electron chi connectivity index (χ2n) is 6.23. The van der Waals surface area contributed by atoms with Gasteiger partial charge in [-0.15, -0.1) is 0 Å². The average molecular weight is 427 g/mol. The molecule has 0 heterocycles. The van der Waals surface area contributed by atoms with Crippen LogP contribution in [0.2, 0.25) is 5.02 Å². The SMILES string of the molecule is C/C(=C\c1cccc(Cl)c1)S(=O)(=O)NC(=O)N(c1ccccc1)c1ccccc1. The summed E-state index contributed by atoms with van der Waals surface area (Å²) in [5.74, 6) is 0. The molecular formula is C22H19ClN2O3S. The van der Waals surface area contributed by atoms with Crippen molar-refractivity contribution in [2.24, 2.45) is 0 Å². The zero-order valence-electron chi connectivity index (χ0n) is 15.6. The monoisotopic (exact) mass is 426 g/mol. The lowest BCUT2D eigenvalue weighted by Gasteiger charge is -2.23. The Morgan fingerprint density at radius 3 is 1.97 bits per heavy atom. The zero-order chi connectivity index (χ0) is 20.9. The number of para-hydroxylation sites is 2. The van der Waals surface area contributed by atoms with E-state index >= 15 is 0 Å². The van der Waals surface area contributed by atoms with Gasteiger partial charge >= 0.3 is 6.03 Å². The van der Waals surface area contributed by atoms with E-state index in [1.807, 2.05) is 12.1 Å². The molecule has 148 valence electrons. The topological polar surface area (TPSA) is 66.5 Å². The number of sulfonamides is 1. The lowest BCUT2D eigenvalue weighted by Crippen LogP contribution is -2.40. The van der Waals surface area contributed by atoms with Crippen LogP contribution in [-0.2, 0) is 10.0 Å². The quantitative estimate of drug-likeness (QED) is 0.579. The van der Waals surface area contributed by atoms with E-state index in [1.165, 1.54) is 17.9 Å². The molecule has 0 spiro atoms. The third-order valence-corrected chi connectivity index (χ3v) is 5.74. The van der Waals surface area contributed by atoms with Crippen LogP contribution in [0.1, 0.15) is 12.5 Å². The lowest BCUT2D eigenvalue weighted by atomic mass is 10.2. The van der Waals surface area contributed by atoms with Gasteiger partial charge in [0.05, 0.1) is 16.3 Å². The van der Waals surface area contributed by atoms with Crippen LogP contribution in [-0.4, -0.2) is 14.4 Å². The van der Waals surface area contributed by atoms with Gasteiger partial charge < -0.3 is 0 Å². The van der Waals surface area contributed by atoms with Crippen LogP contribution in [0.15, 0.2) is 89.8 Å². The molecule has 0 aliphatic rings. The van der Waals surface area contributed by atoms with Gasteiger partial charge in [0, 0.05) is 5.02 Å². The van der Waals surface area contributed by atoms with E-state index in [9.17, 15) is 13.2 Å². The number of hydrogen-bond acceptors (Lipinski definition) is 3. The maximum atomic E-state index is 13.0. The Bertz CT molecular complexity index is 1090. The second-order valence-corrected chi connectivity index (χ2v) is 8.52. The Morgan fingerprint density at radius 2 is 1.45 bits per heavy atom. The van der Waals surface area contributed by atoms with E-state index in [0.29, 0.717) is 22.0 Å². The highest BCUT2D eigenvalue weighted by Gasteiger charge is 2.24. The van der Waals surface area contributed by atoms with Gasteiger partial charge in [-0.05, 0) is 55.0 Å². The van der Waals surface area contributed by atoms with E-state index in [0.717, 1.165) is 0 Å². The van der Waals surface area contributed by atoms with Gasteiger partial charge in [-0.2, -0.15) is 0 Å².